The van der Waals surface area contributed by atoms with Crippen molar-refractivity contribution >= 4 is 35.1 Å². The molecule has 0 aliphatic carbocycles. The van der Waals surface area contributed by atoms with E-state index in [1.54, 1.807) is 30.3 Å². The molecule has 1 aromatic heterocycles. The van der Waals surface area contributed by atoms with E-state index >= 15 is 0 Å². The summed E-state index contributed by atoms with van der Waals surface area (Å²) in [5.74, 6) is 0.466. The van der Waals surface area contributed by atoms with Crippen LogP contribution in [0.15, 0.2) is 85.2 Å². The molecule has 12 heteroatoms. The average molecular weight is 735 g/mol. The molecule has 0 radical (unpaired) electrons. The Balaban J connectivity index is 1.18. The Hall–Kier alpha value is -4.35. The summed E-state index contributed by atoms with van der Waals surface area (Å²) in [6, 6.07) is 21.8. The number of benzene rings is 3. The van der Waals surface area contributed by atoms with Crippen LogP contribution in [-0.4, -0.2) is 56.8 Å². The van der Waals surface area contributed by atoms with E-state index < -0.39 is 17.6 Å². The number of ether oxygens (including phenoxy) is 4. The molecular weight excluding hydrogens is 693 g/mol. The molecule has 3 aromatic carbocycles. The standard InChI is InChI=1S/C39H41Cl2N3O7/c1-39(29-7-5-4-6-8-29,38(46)51-36-24-43-17-15-26(36)16-18-43)42-21-25-9-11-27(12-10-25)37(45)50-34(20-30-31(40)22-44(47)23-32(30)41)28-13-14-33(48-2)35(19-28)49-3/h4-14,19,22-23,26,34,36,42H,15-18,20-21,24H2,1-3H3/t34?,36-,39?/m0/s1. The van der Waals surface area contributed by atoms with Gasteiger partial charge in [0.15, 0.2) is 23.9 Å². The highest BCUT2D eigenvalue weighted by Crippen LogP contribution is 2.36. The number of nitrogens with one attached hydrogen (secondary N) is 1. The van der Waals surface area contributed by atoms with Crippen LogP contribution in [0, 0.1) is 11.1 Å². The molecule has 268 valence electrons. The summed E-state index contributed by atoms with van der Waals surface area (Å²) in [6.45, 7) is 5.09. The Bertz CT molecular complexity index is 1830. The van der Waals surface area contributed by atoms with Crippen LogP contribution in [-0.2, 0) is 32.8 Å². The second-order valence-corrected chi connectivity index (χ2v) is 13.9. The average Bonchev–Trinajstić information content (AvgIpc) is 3.15. The molecule has 3 atom stereocenters. The van der Waals surface area contributed by atoms with E-state index in [0.29, 0.717) is 45.4 Å². The Morgan fingerprint density at radius 3 is 2.24 bits per heavy atom. The van der Waals surface area contributed by atoms with Crippen LogP contribution < -0.4 is 19.5 Å². The summed E-state index contributed by atoms with van der Waals surface area (Å²) in [7, 11) is 3.05. The van der Waals surface area contributed by atoms with E-state index in [2.05, 4.69) is 10.2 Å². The van der Waals surface area contributed by atoms with Crippen LogP contribution in [0.4, 0.5) is 0 Å². The van der Waals surface area contributed by atoms with Gasteiger partial charge in [-0.15, -0.1) is 0 Å². The molecule has 3 saturated heterocycles. The largest absolute Gasteiger partial charge is 0.619 e. The fourth-order valence-electron chi connectivity index (χ4n) is 6.79. The summed E-state index contributed by atoms with van der Waals surface area (Å²) in [6.07, 6.45) is 3.63. The van der Waals surface area contributed by atoms with Gasteiger partial charge in [0, 0.05) is 25.1 Å². The number of hydrogen-bond acceptors (Lipinski definition) is 9. The number of nitrogens with zero attached hydrogens (tertiary/aromatic N) is 2. The molecule has 0 amide bonds. The number of carbonyl (C=O) groups is 2. The Morgan fingerprint density at radius 2 is 1.63 bits per heavy atom. The zero-order valence-corrected chi connectivity index (χ0v) is 30.3. The minimum atomic E-state index is -1.09. The van der Waals surface area contributed by atoms with E-state index in [1.807, 2.05) is 49.4 Å². The van der Waals surface area contributed by atoms with E-state index in [1.165, 1.54) is 26.6 Å². The number of esters is 2. The molecule has 51 heavy (non-hydrogen) atoms. The maximum Gasteiger partial charge on any atom is 0.338 e. The zero-order valence-electron chi connectivity index (χ0n) is 28.8. The van der Waals surface area contributed by atoms with E-state index in [4.69, 9.17) is 42.1 Å². The first-order chi connectivity index (χ1) is 24.6. The molecule has 0 spiro atoms. The number of rotatable bonds is 13. The Labute approximate surface area is 307 Å². The third-order valence-electron chi connectivity index (χ3n) is 9.93. The second kappa shape index (κ2) is 15.9. The Kier molecular flexibility index (Phi) is 11.4. The van der Waals surface area contributed by atoms with Gasteiger partial charge in [-0.1, -0.05) is 71.7 Å². The van der Waals surface area contributed by atoms with Crippen molar-refractivity contribution in [3.8, 4) is 11.5 Å². The minimum absolute atomic E-state index is 0.0928. The molecule has 10 nitrogen and oxygen atoms in total. The number of aromatic nitrogens is 1. The molecular formula is C39H41Cl2N3O7. The second-order valence-electron chi connectivity index (χ2n) is 13.1. The van der Waals surface area contributed by atoms with Crippen molar-refractivity contribution in [3.63, 3.8) is 0 Å². The molecule has 4 aromatic rings. The smallest absolute Gasteiger partial charge is 0.338 e. The van der Waals surface area contributed by atoms with Gasteiger partial charge in [-0.3, -0.25) is 10.2 Å². The molecule has 2 unspecified atom stereocenters. The molecule has 3 aliphatic heterocycles. The predicted molar refractivity (Wildman–Crippen MR) is 193 cm³/mol. The van der Waals surface area contributed by atoms with Crippen molar-refractivity contribution in [2.24, 2.45) is 5.92 Å². The third kappa shape index (κ3) is 8.25. The van der Waals surface area contributed by atoms with Crippen LogP contribution in [0.2, 0.25) is 10.0 Å². The summed E-state index contributed by atoms with van der Waals surface area (Å²) in [5.41, 5.74) is 1.95. The normalized spacial score (nSPS) is 19.8. The molecule has 0 saturated carbocycles. The number of methoxy groups -OCH3 is 2. The highest BCUT2D eigenvalue weighted by molar-refractivity contribution is 6.35. The van der Waals surface area contributed by atoms with Crippen molar-refractivity contribution in [3.05, 3.63) is 128 Å². The fourth-order valence-corrected chi connectivity index (χ4v) is 7.39. The van der Waals surface area contributed by atoms with Crippen molar-refractivity contribution in [1.29, 1.82) is 0 Å². The van der Waals surface area contributed by atoms with Gasteiger partial charge in [0.2, 0.25) is 0 Å². The quantitative estimate of drug-likeness (QED) is 0.0944. The molecule has 3 fully saturated rings. The predicted octanol–water partition coefficient (Wildman–Crippen LogP) is 6.43. The summed E-state index contributed by atoms with van der Waals surface area (Å²) < 4.78 is 23.6. The number of halogens is 2. The number of piperidine rings is 3. The Morgan fingerprint density at radius 1 is 0.961 bits per heavy atom. The van der Waals surface area contributed by atoms with Crippen LogP contribution >= 0.6 is 23.2 Å². The SMILES string of the molecule is COc1ccc(C(Cc2c(Cl)c[n+]([O-])cc2Cl)OC(=O)c2ccc(CNC(C)(C(=O)O[C@H]3CN4CCC3CC4)c3ccccc3)cc2)cc1OC. The lowest BCUT2D eigenvalue weighted by molar-refractivity contribution is -0.605. The van der Waals surface area contributed by atoms with E-state index in [9.17, 15) is 14.8 Å². The summed E-state index contributed by atoms with van der Waals surface area (Å²) >= 11 is 12.8. The molecule has 7 rings (SSSR count). The van der Waals surface area contributed by atoms with Crippen LogP contribution in [0.1, 0.15) is 58.5 Å². The summed E-state index contributed by atoms with van der Waals surface area (Å²) in [4.78, 5) is 29.8. The lowest BCUT2D eigenvalue weighted by Gasteiger charge is -2.45. The maximum atomic E-state index is 13.8. The van der Waals surface area contributed by atoms with Crippen LogP contribution in [0.5, 0.6) is 11.5 Å². The number of hydrogen-bond donors (Lipinski definition) is 1. The van der Waals surface area contributed by atoms with Crippen molar-refractivity contribution in [2.75, 3.05) is 33.9 Å². The number of carbonyl (C=O) groups excluding carboxylic acids is 2. The first kappa shape index (κ1) is 36.4. The van der Waals surface area contributed by atoms with Gasteiger partial charge in [-0.25, -0.2) is 9.59 Å². The summed E-state index contributed by atoms with van der Waals surface area (Å²) in [5, 5.41) is 15.6. The van der Waals surface area contributed by atoms with Gasteiger partial charge in [0.05, 0.1) is 19.8 Å². The lowest BCUT2D eigenvalue weighted by Crippen LogP contribution is -2.55. The number of fused-ring (bicyclic) bond motifs is 3. The van der Waals surface area contributed by atoms with E-state index in [-0.39, 0.29) is 28.5 Å². The molecule has 4 heterocycles. The van der Waals surface area contributed by atoms with Gasteiger partial charge < -0.3 is 24.2 Å². The molecule has 1 N–H and O–H groups in total. The molecule has 3 aliphatic rings. The van der Waals surface area contributed by atoms with Crippen LogP contribution in [0.25, 0.3) is 0 Å². The molecule has 2 bridgehead atoms. The van der Waals surface area contributed by atoms with Gasteiger partial charge >= 0.3 is 11.9 Å². The number of pyridine rings is 1. The van der Waals surface area contributed by atoms with Gasteiger partial charge in [-0.05, 0) is 79.7 Å². The van der Waals surface area contributed by atoms with Crippen molar-refractivity contribution in [1.82, 2.24) is 10.2 Å². The van der Waals surface area contributed by atoms with Crippen molar-refractivity contribution in [2.45, 2.75) is 50.5 Å². The van der Waals surface area contributed by atoms with Crippen LogP contribution in [0.3, 0.4) is 0 Å². The third-order valence-corrected chi connectivity index (χ3v) is 10.6. The van der Waals surface area contributed by atoms with Crippen molar-refractivity contribution < 1.29 is 33.3 Å². The zero-order chi connectivity index (χ0) is 36.1. The fraction of sp³-hybridized carbons (Fsp3) is 0.359. The monoisotopic (exact) mass is 733 g/mol. The van der Waals surface area contributed by atoms with Gasteiger partial charge in [0.1, 0.15) is 27.8 Å². The maximum absolute atomic E-state index is 13.8. The minimum Gasteiger partial charge on any atom is -0.619 e. The lowest BCUT2D eigenvalue weighted by atomic mass is 9.85. The first-order valence-corrected chi connectivity index (χ1v) is 17.7. The topological polar surface area (TPSA) is 113 Å². The van der Waals surface area contributed by atoms with Gasteiger partial charge in [-0.2, -0.15) is 4.73 Å². The highest BCUT2D eigenvalue weighted by Gasteiger charge is 2.42. The van der Waals surface area contributed by atoms with E-state index in [0.717, 1.165) is 43.6 Å². The highest BCUT2D eigenvalue weighted by atomic mass is 35.5. The van der Waals surface area contributed by atoms with Gasteiger partial charge in [0.25, 0.3) is 0 Å². The first-order valence-electron chi connectivity index (χ1n) is 16.9.